The molecule has 0 aliphatic carbocycles. The lowest BCUT2D eigenvalue weighted by Crippen LogP contribution is -2.03. The van der Waals surface area contributed by atoms with Gasteiger partial charge in [-0.3, -0.25) is 4.79 Å². The minimum absolute atomic E-state index is 0.185. The van der Waals surface area contributed by atoms with Gasteiger partial charge in [-0.25, -0.2) is 0 Å². The molecule has 0 N–H and O–H groups in total. The van der Waals surface area contributed by atoms with Crippen LogP contribution in [-0.2, 0) is 0 Å². The zero-order chi connectivity index (χ0) is 8.27. The van der Waals surface area contributed by atoms with Crippen LogP contribution in [-0.4, -0.2) is 10.9 Å². The Labute approximate surface area is 66.1 Å². The monoisotopic (exact) mass is 149 g/mol. The van der Waals surface area contributed by atoms with Crippen LogP contribution in [0.3, 0.4) is 0 Å². The predicted molar refractivity (Wildman–Crippen MR) is 44.7 cm³/mol. The number of carbonyl (C=O) groups is 1. The molecule has 0 radical (unpaired) electrons. The topological polar surface area (TPSA) is 22.0 Å². The van der Waals surface area contributed by atoms with Crippen LogP contribution < -0.4 is 0 Å². The minimum Gasteiger partial charge on any atom is -0.339 e. The van der Waals surface area contributed by atoms with Crippen molar-refractivity contribution in [1.82, 2.24) is 4.57 Å². The minimum atomic E-state index is 0.185. The molecule has 0 amide bonds. The fourth-order valence-electron chi connectivity index (χ4n) is 0.991. The van der Waals surface area contributed by atoms with E-state index < -0.39 is 0 Å². The molecule has 0 bridgehead atoms. The first-order valence-corrected chi connectivity index (χ1v) is 3.54. The molecule has 0 aliphatic heterocycles. The van der Waals surface area contributed by atoms with Crippen LogP contribution in [0.1, 0.15) is 23.5 Å². The van der Waals surface area contributed by atoms with E-state index in [0.717, 1.165) is 6.29 Å². The summed E-state index contributed by atoms with van der Waals surface area (Å²) >= 11 is 0. The molecule has 0 fully saturated rings. The van der Waals surface area contributed by atoms with Crippen LogP contribution in [0.15, 0.2) is 31.0 Å². The molecule has 0 aromatic carbocycles. The third-order valence-corrected chi connectivity index (χ3v) is 1.71. The second kappa shape index (κ2) is 3.19. The van der Waals surface area contributed by atoms with Crippen LogP contribution in [0.25, 0.3) is 0 Å². The molecule has 1 rings (SSSR count). The third kappa shape index (κ3) is 1.40. The van der Waals surface area contributed by atoms with Crippen molar-refractivity contribution >= 4 is 6.29 Å². The summed E-state index contributed by atoms with van der Waals surface area (Å²) in [6.45, 7) is 5.64. The highest BCUT2D eigenvalue weighted by Crippen LogP contribution is 2.09. The molecule has 58 valence electrons. The predicted octanol–water partition coefficient (Wildman–Crippen LogP) is 2.05. The summed E-state index contributed by atoms with van der Waals surface area (Å²) in [7, 11) is 0. The highest BCUT2D eigenvalue weighted by atomic mass is 16.1. The molecule has 1 aromatic rings. The second-order valence-corrected chi connectivity index (χ2v) is 2.43. The summed E-state index contributed by atoms with van der Waals surface area (Å²) in [5.74, 6) is 0. The average Bonchev–Trinajstić information content (AvgIpc) is 2.50. The standard InChI is InChI=1S/C9H11NO/c1-3-8(2)10-6-4-5-9(10)7-11/h3-8H,1H2,2H3. The van der Waals surface area contributed by atoms with Crippen molar-refractivity contribution in [2.75, 3.05) is 0 Å². The van der Waals surface area contributed by atoms with Gasteiger partial charge in [0.15, 0.2) is 6.29 Å². The summed E-state index contributed by atoms with van der Waals surface area (Å²) in [5, 5.41) is 0. The van der Waals surface area contributed by atoms with Gasteiger partial charge in [-0.05, 0) is 19.1 Å². The summed E-state index contributed by atoms with van der Waals surface area (Å²) in [6, 6.07) is 3.82. The van der Waals surface area contributed by atoms with Crippen molar-refractivity contribution in [2.45, 2.75) is 13.0 Å². The van der Waals surface area contributed by atoms with E-state index in [9.17, 15) is 4.79 Å². The molecular weight excluding hydrogens is 138 g/mol. The first kappa shape index (κ1) is 7.79. The van der Waals surface area contributed by atoms with E-state index in [1.165, 1.54) is 0 Å². The van der Waals surface area contributed by atoms with Gasteiger partial charge in [0.05, 0.1) is 5.69 Å². The van der Waals surface area contributed by atoms with Crippen LogP contribution in [0.4, 0.5) is 0 Å². The number of nitrogens with zero attached hydrogens (tertiary/aromatic N) is 1. The smallest absolute Gasteiger partial charge is 0.166 e. The number of hydrogen-bond acceptors (Lipinski definition) is 1. The largest absolute Gasteiger partial charge is 0.339 e. The van der Waals surface area contributed by atoms with Crippen molar-refractivity contribution in [1.29, 1.82) is 0 Å². The van der Waals surface area contributed by atoms with Crippen molar-refractivity contribution in [3.05, 3.63) is 36.7 Å². The number of aromatic nitrogens is 1. The molecule has 0 saturated heterocycles. The van der Waals surface area contributed by atoms with Gasteiger partial charge in [-0.1, -0.05) is 6.08 Å². The molecule has 1 unspecified atom stereocenters. The number of hydrogen-bond donors (Lipinski definition) is 0. The van der Waals surface area contributed by atoms with Gasteiger partial charge >= 0.3 is 0 Å². The van der Waals surface area contributed by atoms with E-state index in [0.29, 0.717) is 5.69 Å². The van der Waals surface area contributed by atoms with Gasteiger partial charge in [0.25, 0.3) is 0 Å². The summed E-state index contributed by atoms with van der Waals surface area (Å²) in [5.41, 5.74) is 0.692. The number of carbonyl (C=O) groups excluding carboxylic acids is 1. The van der Waals surface area contributed by atoms with Crippen molar-refractivity contribution in [3.8, 4) is 0 Å². The van der Waals surface area contributed by atoms with E-state index in [-0.39, 0.29) is 6.04 Å². The van der Waals surface area contributed by atoms with E-state index in [4.69, 9.17) is 0 Å². The van der Waals surface area contributed by atoms with Gasteiger partial charge in [0.1, 0.15) is 0 Å². The molecule has 1 atom stereocenters. The molecular formula is C9H11NO. The van der Waals surface area contributed by atoms with Crippen molar-refractivity contribution in [2.24, 2.45) is 0 Å². The summed E-state index contributed by atoms with van der Waals surface area (Å²) in [4.78, 5) is 10.5. The summed E-state index contributed by atoms with van der Waals surface area (Å²) < 4.78 is 1.88. The molecule has 2 nitrogen and oxygen atoms in total. The van der Waals surface area contributed by atoms with Gasteiger partial charge < -0.3 is 4.57 Å². The highest BCUT2D eigenvalue weighted by Gasteiger charge is 2.02. The lowest BCUT2D eigenvalue weighted by Gasteiger charge is -2.09. The Morgan fingerprint density at radius 2 is 2.45 bits per heavy atom. The fourth-order valence-corrected chi connectivity index (χ4v) is 0.991. The Morgan fingerprint density at radius 1 is 1.73 bits per heavy atom. The SMILES string of the molecule is C=CC(C)n1cccc1C=O. The highest BCUT2D eigenvalue weighted by molar-refractivity contribution is 5.72. The van der Waals surface area contributed by atoms with Gasteiger partial charge in [0, 0.05) is 12.2 Å². The Hall–Kier alpha value is -1.31. The van der Waals surface area contributed by atoms with E-state index >= 15 is 0 Å². The van der Waals surface area contributed by atoms with Gasteiger partial charge in [-0.15, -0.1) is 6.58 Å². The molecule has 11 heavy (non-hydrogen) atoms. The second-order valence-electron chi connectivity index (χ2n) is 2.43. The van der Waals surface area contributed by atoms with E-state index in [2.05, 4.69) is 6.58 Å². The quantitative estimate of drug-likeness (QED) is 0.476. The zero-order valence-electron chi connectivity index (χ0n) is 6.53. The van der Waals surface area contributed by atoms with E-state index in [1.807, 2.05) is 23.8 Å². The van der Waals surface area contributed by atoms with Crippen molar-refractivity contribution < 1.29 is 4.79 Å². The maximum Gasteiger partial charge on any atom is 0.166 e. The van der Waals surface area contributed by atoms with Crippen LogP contribution in [0, 0.1) is 0 Å². The Bertz CT molecular complexity index is 262. The normalized spacial score (nSPS) is 12.5. The number of aldehydes is 1. The zero-order valence-corrected chi connectivity index (χ0v) is 6.53. The average molecular weight is 149 g/mol. The Balaban J connectivity index is 3.00. The number of allylic oxidation sites excluding steroid dienone is 1. The van der Waals surface area contributed by atoms with E-state index in [1.54, 1.807) is 12.1 Å². The lowest BCUT2D eigenvalue weighted by molar-refractivity contribution is 0.111. The summed E-state index contributed by atoms with van der Waals surface area (Å²) in [6.07, 6.45) is 4.52. The van der Waals surface area contributed by atoms with Crippen LogP contribution in [0.2, 0.25) is 0 Å². The van der Waals surface area contributed by atoms with Crippen LogP contribution >= 0.6 is 0 Å². The first-order valence-electron chi connectivity index (χ1n) is 3.54. The van der Waals surface area contributed by atoms with Crippen molar-refractivity contribution in [3.63, 3.8) is 0 Å². The first-order chi connectivity index (χ1) is 5.29. The molecule has 1 heterocycles. The molecule has 1 aromatic heterocycles. The van der Waals surface area contributed by atoms with Gasteiger partial charge in [-0.2, -0.15) is 0 Å². The molecule has 0 saturated carbocycles. The maximum atomic E-state index is 10.5. The molecule has 2 heteroatoms. The Morgan fingerprint density at radius 3 is 3.00 bits per heavy atom. The van der Waals surface area contributed by atoms with Crippen LogP contribution in [0.5, 0.6) is 0 Å². The molecule has 0 spiro atoms. The fraction of sp³-hybridized carbons (Fsp3) is 0.222. The maximum absolute atomic E-state index is 10.5. The van der Waals surface area contributed by atoms with Gasteiger partial charge in [0.2, 0.25) is 0 Å². The third-order valence-electron chi connectivity index (χ3n) is 1.71. The number of rotatable bonds is 3. The lowest BCUT2D eigenvalue weighted by atomic mass is 10.3. The Kier molecular flexibility index (Phi) is 2.26. The molecule has 0 aliphatic rings.